The lowest BCUT2D eigenvalue weighted by Crippen LogP contribution is -2.17. The van der Waals surface area contributed by atoms with Crippen molar-refractivity contribution in [3.05, 3.63) is 47.1 Å². The number of amides is 1. The summed E-state index contributed by atoms with van der Waals surface area (Å²) >= 11 is 1.39. The molecule has 5 nitrogen and oxygen atoms in total. The van der Waals surface area contributed by atoms with Crippen LogP contribution in [0.15, 0.2) is 36.7 Å². The van der Waals surface area contributed by atoms with Crippen molar-refractivity contribution in [1.29, 1.82) is 5.26 Å². The molecule has 1 aromatic carbocycles. The molecule has 23 heavy (non-hydrogen) atoms. The number of carbonyl (C=O) groups is 1. The number of hydrogen-bond acceptors (Lipinski definition) is 5. The summed E-state index contributed by atoms with van der Waals surface area (Å²) in [6.07, 6.45) is 3.45. The molecule has 6 heteroatoms. The summed E-state index contributed by atoms with van der Waals surface area (Å²) in [4.78, 5) is 17.0. The van der Waals surface area contributed by atoms with Crippen molar-refractivity contribution in [2.75, 3.05) is 14.2 Å². The minimum atomic E-state index is -0.149. The van der Waals surface area contributed by atoms with Crippen LogP contribution < -0.4 is 10.1 Å². The normalized spacial score (nSPS) is 10.3. The van der Waals surface area contributed by atoms with Gasteiger partial charge in [0.1, 0.15) is 16.7 Å². The molecule has 0 spiro atoms. The van der Waals surface area contributed by atoms with E-state index in [-0.39, 0.29) is 5.91 Å². The smallest absolute Gasteiger partial charge is 0.261 e. The third-order valence-electron chi connectivity index (χ3n) is 3.54. The molecule has 1 amide bonds. The second-order valence-electron chi connectivity index (χ2n) is 4.78. The standard InChI is InChI=1S/C17H13N3O2S/c1-19-17(21)16-15(12-5-6-20-9-14(12)23-16)10-3-4-11(8-18)13(7-10)22-2/h3-7,9H,1-2H3,(H,19,21). The predicted molar refractivity (Wildman–Crippen MR) is 89.7 cm³/mol. The molecule has 0 bridgehead atoms. The van der Waals surface area contributed by atoms with Crippen LogP contribution in [0.3, 0.4) is 0 Å². The first kappa shape index (κ1) is 15.0. The fourth-order valence-electron chi connectivity index (χ4n) is 2.45. The Bertz CT molecular complexity index is 941. The van der Waals surface area contributed by atoms with Crippen LogP contribution in [0.2, 0.25) is 0 Å². The maximum Gasteiger partial charge on any atom is 0.261 e. The minimum Gasteiger partial charge on any atom is -0.495 e. The summed E-state index contributed by atoms with van der Waals surface area (Å²) in [5.74, 6) is 0.339. The lowest BCUT2D eigenvalue weighted by atomic mass is 10.0. The Morgan fingerprint density at radius 1 is 1.39 bits per heavy atom. The van der Waals surface area contributed by atoms with Crippen molar-refractivity contribution in [1.82, 2.24) is 10.3 Å². The molecule has 0 atom stereocenters. The second kappa shape index (κ2) is 6.07. The molecule has 0 aliphatic carbocycles. The van der Waals surface area contributed by atoms with Crippen LogP contribution >= 0.6 is 11.3 Å². The van der Waals surface area contributed by atoms with Gasteiger partial charge < -0.3 is 10.1 Å². The van der Waals surface area contributed by atoms with Crippen LogP contribution in [0, 0.1) is 11.3 Å². The number of nitrogens with one attached hydrogen (secondary N) is 1. The Hall–Kier alpha value is -2.91. The number of methoxy groups -OCH3 is 1. The van der Waals surface area contributed by atoms with Gasteiger partial charge in [0.2, 0.25) is 0 Å². The molecular weight excluding hydrogens is 310 g/mol. The lowest BCUT2D eigenvalue weighted by molar-refractivity contribution is 0.0967. The van der Waals surface area contributed by atoms with E-state index in [0.29, 0.717) is 16.2 Å². The van der Waals surface area contributed by atoms with E-state index in [1.807, 2.05) is 12.1 Å². The van der Waals surface area contributed by atoms with Gasteiger partial charge in [0.15, 0.2) is 0 Å². The summed E-state index contributed by atoms with van der Waals surface area (Å²) in [6.45, 7) is 0. The van der Waals surface area contributed by atoms with Crippen LogP contribution in [-0.4, -0.2) is 25.0 Å². The van der Waals surface area contributed by atoms with Crippen molar-refractivity contribution in [2.24, 2.45) is 0 Å². The minimum absolute atomic E-state index is 0.149. The van der Waals surface area contributed by atoms with E-state index >= 15 is 0 Å². The van der Waals surface area contributed by atoms with E-state index in [9.17, 15) is 4.79 Å². The highest BCUT2D eigenvalue weighted by Gasteiger charge is 2.20. The number of nitriles is 1. The molecule has 2 aromatic heterocycles. The van der Waals surface area contributed by atoms with Crippen LogP contribution in [0.4, 0.5) is 0 Å². The van der Waals surface area contributed by atoms with Crippen molar-refractivity contribution in [2.45, 2.75) is 0 Å². The number of ether oxygens (including phenoxy) is 1. The number of benzene rings is 1. The SMILES string of the molecule is CNC(=O)c1sc2cnccc2c1-c1ccc(C#N)c(OC)c1. The van der Waals surface area contributed by atoms with Gasteiger partial charge in [-0.15, -0.1) is 11.3 Å². The van der Waals surface area contributed by atoms with Crippen LogP contribution in [0.1, 0.15) is 15.2 Å². The topological polar surface area (TPSA) is 75.0 Å². The molecule has 3 rings (SSSR count). The lowest BCUT2D eigenvalue weighted by Gasteiger charge is -2.08. The molecule has 3 aromatic rings. The van der Waals surface area contributed by atoms with Gasteiger partial charge in [-0.3, -0.25) is 9.78 Å². The van der Waals surface area contributed by atoms with E-state index in [4.69, 9.17) is 10.00 Å². The molecule has 0 saturated carbocycles. The van der Waals surface area contributed by atoms with Gasteiger partial charge in [0, 0.05) is 30.4 Å². The number of fused-ring (bicyclic) bond motifs is 1. The molecule has 0 radical (unpaired) electrons. The van der Waals surface area contributed by atoms with Crippen molar-refractivity contribution in [3.8, 4) is 22.9 Å². The fourth-order valence-corrected chi connectivity index (χ4v) is 3.59. The van der Waals surface area contributed by atoms with Gasteiger partial charge in [0.05, 0.1) is 17.4 Å². The van der Waals surface area contributed by atoms with Crippen LogP contribution in [-0.2, 0) is 0 Å². The van der Waals surface area contributed by atoms with Gasteiger partial charge in [-0.1, -0.05) is 6.07 Å². The van der Waals surface area contributed by atoms with Gasteiger partial charge >= 0.3 is 0 Å². The van der Waals surface area contributed by atoms with Crippen molar-refractivity contribution in [3.63, 3.8) is 0 Å². The van der Waals surface area contributed by atoms with Crippen molar-refractivity contribution < 1.29 is 9.53 Å². The molecule has 2 heterocycles. The van der Waals surface area contributed by atoms with Gasteiger partial charge in [-0.2, -0.15) is 5.26 Å². The highest BCUT2D eigenvalue weighted by Crippen LogP contribution is 2.39. The Kier molecular flexibility index (Phi) is 3.96. The first-order chi connectivity index (χ1) is 11.2. The van der Waals surface area contributed by atoms with Gasteiger partial charge in [-0.25, -0.2) is 0 Å². The third-order valence-corrected chi connectivity index (χ3v) is 4.68. The molecule has 1 N–H and O–H groups in total. The highest BCUT2D eigenvalue weighted by atomic mass is 32.1. The van der Waals surface area contributed by atoms with Crippen molar-refractivity contribution >= 4 is 27.3 Å². The number of aromatic nitrogens is 1. The maximum atomic E-state index is 12.3. The number of rotatable bonds is 3. The van der Waals surface area contributed by atoms with E-state index in [1.165, 1.54) is 18.4 Å². The summed E-state index contributed by atoms with van der Waals surface area (Å²) < 4.78 is 6.22. The molecule has 0 aliphatic rings. The summed E-state index contributed by atoms with van der Waals surface area (Å²) in [5, 5.41) is 12.7. The van der Waals surface area contributed by atoms with Crippen LogP contribution in [0.5, 0.6) is 5.75 Å². The highest BCUT2D eigenvalue weighted by molar-refractivity contribution is 7.21. The summed E-state index contributed by atoms with van der Waals surface area (Å²) in [7, 11) is 3.13. The van der Waals surface area contributed by atoms with Crippen LogP contribution in [0.25, 0.3) is 21.2 Å². The molecule has 0 unspecified atom stereocenters. The molecule has 0 aliphatic heterocycles. The monoisotopic (exact) mass is 323 g/mol. The van der Waals surface area contributed by atoms with Gasteiger partial charge in [0.25, 0.3) is 5.91 Å². The Labute approximate surface area is 137 Å². The average molecular weight is 323 g/mol. The third kappa shape index (κ3) is 2.51. The molecule has 0 fully saturated rings. The van der Waals surface area contributed by atoms with E-state index in [1.54, 1.807) is 31.6 Å². The molecule has 114 valence electrons. The first-order valence-corrected chi connectivity index (χ1v) is 7.68. The Balaban J connectivity index is 2.30. The zero-order chi connectivity index (χ0) is 16.4. The number of hydrogen-bond donors (Lipinski definition) is 1. The zero-order valence-electron chi connectivity index (χ0n) is 12.6. The Morgan fingerprint density at radius 2 is 2.22 bits per heavy atom. The van der Waals surface area contributed by atoms with E-state index in [0.717, 1.165) is 21.2 Å². The first-order valence-electron chi connectivity index (χ1n) is 6.86. The van der Waals surface area contributed by atoms with Gasteiger partial charge in [-0.05, 0) is 23.8 Å². The molecule has 0 saturated heterocycles. The number of carbonyl (C=O) groups excluding carboxylic acids is 1. The summed E-state index contributed by atoms with van der Waals surface area (Å²) in [5.41, 5.74) is 2.12. The second-order valence-corrected chi connectivity index (χ2v) is 5.84. The largest absolute Gasteiger partial charge is 0.495 e. The number of nitrogens with zero attached hydrogens (tertiary/aromatic N) is 2. The summed E-state index contributed by atoms with van der Waals surface area (Å²) in [6, 6.07) is 9.29. The predicted octanol–water partition coefficient (Wildman–Crippen LogP) is 3.20. The fraction of sp³-hybridized carbons (Fsp3) is 0.118. The number of pyridine rings is 1. The zero-order valence-corrected chi connectivity index (χ0v) is 13.4. The quantitative estimate of drug-likeness (QED) is 0.803. The van der Waals surface area contributed by atoms with E-state index in [2.05, 4.69) is 16.4 Å². The van der Waals surface area contributed by atoms with E-state index < -0.39 is 0 Å². The number of thiophene rings is 1. The Morgan fingerprint density at radius 3 is 2.91 bits per heavy atom. The average Bonchev–Trinajstić information content (AvgIpc) is 2.99. The molecular formula is C17H13N3O2S. The maximum absolute atomic E-state index is 12.3.